The van der Waals surface area contributed by atoms with Gasteiger partial charge in [0.05, 0.1) is 48.7 Å². The van der Waals surface area contributed by atoms with E-state index in [-0.39, 0.29) is 59.4 Å². The van der Waals surface area contributed by atoms with Crippen LogP contribution in [0.3, 0.4) is 0 Å². The molecule has 0 bridgehead atoms. The molecular weight excluding hydrogens is 751 g/mol. The number of likely N-dealkylation sites (tertiary alicyclic amines) is 1. The number of nitrogens with one attached hydrogen (secondary N) is 2. The summed E-state index contributed by atoms with van der Waals surface area (Å²) in [6.07, 6.45) is 2.12. The van der Waals surface area contributed by atoms with Gasteiger partial charge in [-0.1, -0.05) is 98.6 Å². The standard InChI is InChI=1S/C46H79N5O8/c1-16-25-46(10,11)50(13)39(30(5)6)44(55)48-38(29(3)4)45(56)49(12)40(31(7)17-2)36(57-14)27-37(53)51-26-21-24-35(51)41(58-15)32(8)43(54)47-33(9)42(59-28-52)34-22-19-18-20-23-34/h18-20,22-23,28-33,35-36,38-42H,16-17,21,24-27H2,1-15H3,(H,47,54)(H,48,55)/t31-,32+,33+,35-,36+,38-,39-,40-,41+,42+/m0/s1. The molecule has 1 aromatic carbocycles. The van der Waals surface area contributed by atoms with Gasteiger partial charge in [-0.15, -0.1) is 0 Å². The Kier molecular flexibility index (Phi) is 21.0. The fourth-order valence-corrected chi connectivity index (χ4v) is 8.99. The zero-order valence-electron chi connectivity index (χ0n) is 38.9. The highest BCUT2D eigenvalue weighted by molar-refractivity contribution is 5.90. The van der Waals surface area contributed by atoms with Crippen molar-refractivity contribution in [1.82, 2.24) is 25.3 Å². The largest absolute Gasteiger partial charge is 0.458 e. The molecule has 1 heterocycles. The maximum atomic E-state index is 14.5. The van der Waals surface area contributed by atoms with Gasteiger partial charge in [0.15, 0.2) is 0 Å². The lowest BCUT2D eigenvalue weighted by molar-refractivity contribution is -0.148. The number of likely N-dealkylation sites (N-methyl/N-ethyl adjacent to an activating group) is 2. The highest BCUT2D eigenvalue weighted by atomic mass is 16.5. The van der Waals surface area contributed by atoms with Gasteiger partial charge < -0.3 is 34.6 Å². The number of nitrogens with zero attached hydrogens (tertiary/aromatic N) is 3. The van der Waals surface area contributed by atoms with E-state index >= 15 is 0 Å². The van der Waals surface area contributed by atoms with Crippen molar-refractivity contribution in [3.05, 3.63) is 35.9 Å². The molecule has 2 N–H and O–H groups in total. The van der Waals surface area contributed by atoms with Crippen LogP contribution in [0.2, 0.25) is 0 Å². The molecule has 1 fully saturated rings. The summed E-state index contributed by atoms with van der Waals surface area (Å²) in [5.74, 6) is -1.70. The number of carbonyl (C=O) groups excluding carboxylic acids is 5. The number of methoxy groups -OCH3 is 2. The van der Waals surface area contributed by atoms with Crippen molar-refractivity contribution in [3.63, 3.8) is 0 Å². The fourth-order valence-electron chi connectivity index (χ4n) is 8.99. The quantitative estimate of drug-likeness (QED) is 0.113. The number of hydrogen-bond donors (Lipinski definition) is 2. The van der Waals surface area contributed by atoms with Crippen molar-refractivity contribution in [2.45, 2.75) is 169 Å². The molecule has 4 amide bonds. The molecule has 0 unspecified atom stereocenters. The van der Waals surface area contributed by atoms with Gasteiger partial charge in [-0.25, -0.2) is 0 Å². The SMILES string of the molecule is CCCC(C)(C)N(C)[C@H](C(=O)N[C@H](C(=O)N(C)[C@@H]([C@@H](C)CC)[C@@H](CC(=O)N1CCC[C@H]1[C@H](OC)[C@@H](C)C(=O)N[C@H](C)[C@@H](OC=O)c1ccccc1)OC)C(C)C)C(C)C. The summed E-state index contributed by atoms with van der Waals surface area (Å²) in [6.45, 7) is 22.9. The monoisotopic (exact) mass is 830 g/mol. The predicted octanol–water partition coefficient (Wildman–Crippen LogP) is 6.00. The molecule has 0 saturated carbocycles. The Labute approximate surface area is 356 Å². The van der Waals surface area contributed by atoms with Gasteiger partial charge in [-0.3, -0.25) is 28.9 Å². The van der Waals surface area contributed by atoms with Gasteiger partial charge in [0.25, 0.3) is 6.47 Å². The lowest BCUT2D eigenvalue weighted by atomic mass is 9.89. The fraction of sp³-hybridized carbons (Fsp3) is 0.761. The minimum absolute atomic E-state index is 0.0107. The molecule has 1 aliphatic heterocycles. The Morgan fingerprint density at radius 3 is 2.05 bits per heavy atom. The van der Waals surface area contributed by atoms with Crippen LogP contribution in [-0.2, 0) is 38.2 Å². The number of ether oxygens (including phenoxy) is 3. The first kappa shape index (κ1) is 51.6. The van der Waals surface area contributed by atoms with Crippen molar-refractivity contribution < 1.29 is 38.2 Å². The Balaban J connectivity index is 2.31. The van der Waals surface area contributed by atoms with Crippen molar-refractivity contribution in [2.75, 3.05) is 34.9 Å². The summed E-state index contributed by atoms with van der Waals surface area (Å²) in [7, 11) is 6.85. The van der Waals surface area contributed by atoms with Crippen LogP contribution in [0.25, 0.3) is 0 Å². The van der Waals surface area contributed by atoms with Crippen LogP contribution in [0, 0.1) is 23.7 Å². The molecule has 0 spiro atoms. The van der Waals surface area contributed by atoms with Gasteiger partial charge in [0.1, 0.15) is 12.1 Å². The van der Waals surface area contributed by atoms with E-state index in [2.05, 4.69) is 43.2 Å². The Morgan fingerprint density at radius 1 is 0.915 bits per heavy atom. The molecule has 13 nitrogen and oxygen atoms in total. The van der Waals surface area contributed by atoms with Gasteiger partial charge >= 0.3 is 0 Å². The first-order chi connectivity index (χ1) is 27.7. The Morgan fingerprint density at radius 2 is 1.54 bits per heavy atom. The van der Waals surface area contributed by atoms with E-state index in [4.69, 9.17) is 14.2 Å². The van der Waals surface area contributed by atoms with Gasteiger partial charge in [-0.2, -0.15) is 0 Å². The van der Waals surface area contributed by atoms with E-state index in [1.807, 2.05) is 72.0 Å². The highest BCUT2D eigenvalue weighted by Crippen LogP contribution is 2.31. The molecule has 1 aromatic rings. The van der Waals surface area contributed by atoms with Gasteiger partial charge in [-0.05, 0) is 70.4 Å². The zero-order chi connectivity index (χ0) is 44.8. The number of carbonyl (C=O) groups is 5. The van der Waals surface area contributed by atoms with Gasteiger partial charge in [0, 0.05) is 33.4 Å². The smallest absolute Gasteiger partial charge is 0.293 e. The lowest BCUT2D eigenvalue weighted by Crippen LogP contribution is -2.61. The topological polar surface area (TPSA) is 147 Å². The summed E-state index contributed by atoms with van der Waals surface area (Å²) in [5.41, 5.74) is 0.542. The summed E-state index contributed by atoms with van der Waals surface area (Å²) in [4.78, 5) is 73.6. The molecular formula is C46H79N5O8. The van der Waals surface area contributed by atoms with Crippen LogP contribution in [0.5, 0.6) is 0 Å². The third-order valence-corrected chi connectivity index (χ3v) is 12.8. The van der Waals surface area contributed by atoms with Crippen LogP contribution in [0.15, 0.2) is 30.3 Å². The average Bonchev–Trinajstić information content (AvgIpc) is 3.68. The van der Waals surface area contributed by atoms with Crippen LogP contribution in [0.1, 0.15) is 126 Å². The Bertz CT molecular complexity index is 1470. The molecule has 0 radical (unpaired) electrons. The molecule has 0 aliphatic carbocycles. The van der Waals surface area contributed by atoms with Crippen molar-refractivity contribution in [1.29, 1.82) is 0 Å². The van der Waals surface area contributed by atoms with Crippen molar-refractivity contribution >= 4 is 30.1 Å². The molecule has 10 atom stereocenters. The molecule has 2 rings (SSSR count). The third-order valence-electron chi connectivity index (χ3n) is 12.8. The minimum atomic E-state index is -0.787. The number of rotatable bonds is 25. The van der Waals surface area contributed by atoms with E-state index in [0.717, 1.165) is 31.2 Å². The first-order valence-electron chi connectivity index (χ1n) is 21.8. The van der Waals surface area contributed by atoms with Crippen LogP contribution < -0.4 is 10.6 Å². The third kappa shape index (κ3) is 13.5. The van der Waals surface area contributed by atoms with E-state index < -0.39 is 48.4 Å². The normalized spacial score (nSPS) is 19.3. The summed E-state index contributed by atoms with van der Waals surface area (Å²) in [6, 6.07) is 6.64. The molecule has 13 heteroatoms. The van der Waals surface area contributed by atoms with Crippen LogP contribution in [0.4, 0.5) is 0 Å². The van der Waals surface area contributed by atoms with Crippen LogP contribution >= 0.6 is 0 Å². The second kappa shape index (κ2) is 24.0. The maximum absolute atomic E-state index is 14.5. The minimum Gasteiger partial charge on any atom is -0.458 e. The van der Waals surface area contributed by atoms with Gasteiger partial charge in [0.2, 0.25) is 23.6 Å². The summed E-state index contributed by atoms with van der Waals surface area (Å²) >= 11 is 0. The lowest BCUT2D eigenvalue weighted by Gasteiger charge is -2.43. The zero-order valence-corrected chi connectivity index (χ0v) is 38.9. The van der Waals surface area contributed by atoms with Crippen molar-refractivity contribution in [3.8, 4) is 0 Å². The Hall–Kier alpha value is -3.55. The number of amides is 4. The van der Waals surface area contributed by atoms with E-state index in [1.54, 1.807) is 44.9 Å². The molecule has 0 aromatic heterocycles. The van der Waals surface area contributed by atoms with Crippen LogP contribution in [-0.4, -0.2) is 128 Å². The van der Waals surface area contributed by atoms with E-state index in [0.29, 0.717) is 19.4 Å². The number of hydrogen-bond acceptors (Lipinski definition) is 9. The molecule has 1 saturated heterocycles. The van der Waals surface area contributed by atoms with E-state index in [1.165, 1.54) is 0 Å². The maximum Gasteiger partial charge on any atom is 0.293 e. The second-order valence-electron chi connectivity index (χ2n) is 18.0. The highest BCUT2D eigenvalue weighted by Gasteiger charge is 2.44. The molecule has 59 heavy (non-hydrogen) atoms. The summed E-state index contributed by atoms with van der Waals surface area (Å²) < 4.78 is 17.4. The van der Waals surface area contributed by atoms with E-state index in [9.17, 15) is 24.0 Å². The molecule has 1 aliphatic rings. The second-order valence-corrected chi connectivity index (χ2v) is 18.0. The average molecular weight is 830 g/mol. The van der Waals surface area contributed by atoms with Crippen molar-refractivity contribution in [2.24, 2.45) is 23.7 Å². The predicted molar refractivity (Wildman–Crippen MR) is 232 cm³/mol. The summed E-state index contributed by atoms with van der Waals surface area (Å²) in [5, 5.41) is 6.16. The first-order valence-corrected chi connectivity index (χ1v) is 21.8. The number of benzene rings is 1. The molecule has 336 valence electrons.